The summed E-state index contributed by atoms with van der Waals surface area (Å²) >= 11 is 0. The lowest BCUT2D eigenvalue weighted by Crippen LogP contribution is -2.56. The lowest BCUT2D eigenvalue weighted by molar-refractivity contribution is -0.136. The second-order valence-electron chi connectivity index (χ2n) is 6.41. The van der Waals surface area contributed by atoms with Crippen molar-refractivity contribution in [1.29, 1.82) is 0 Å². The summed E-state index contributed by atoms with van der Waals surface area (Å²) in [6.45, 7) is 8.86. The van der Waals surface area contributed by atoms with E-state index in [0.29, 0.717) is 5.92 Å². The molecule has 0 aromatic carbocycles. The smallest absolute Gasteiger partial charge is 0.258 e. The first-order valence-corrected chi connectivity index (χ1v) is 7.67. The van der Waals surface area contributed by atoms with Gasteiger partial charge in [0.05, 0.1) is 0 Å². The zero-order valence-corrected chi connectivity index (χ0v) is 12.5. The Kier molecular flexibility index (Phi) is 4.19. The molecule has 3 rings (SSSR count). The molecule has 1 atom stereocenters. The number of carbonyl (C=O) groups excluding carboxylic acids is 1. The molecule has 3 aliphatic heterocycles. The minimum Gasteiger partial charge on any atom is -0.348 e. The van der Waals surface area contributed by atoms with Gasteiger partial charge in [0.2, 0.25) is 0 Å². The molecule has 1 amide bonds. The summed E-state index contributed by atoms with van der Waals surface area (Å²) in [5.41, 5.74) is -1.93. The van der Waals surface area contributed by atoms with Gasteiger partial charge in [-0.25, -0.2) is 4.39 Å². The maximum atomic E-state index is 14.5. The summed E-state index contributed by atoms with van der Waals surface area (Å²) < 4.78 is 14.5. The van der Waals surface area contributed by atoms with Gasteiger partial charge in [0.25, 0.3) is 5.91 Å². The van der Waals surface area contributed by atoms with E-state index >= 15 is 0 Å². The van der Waals surface area contributed by atoms with Crippen molar-refractivity contribution in [2.45, 2.75) is 64.1 Å². The molecule has 2 bridgehead atoms. The van der Waals surface area contributed by atoms with E-state index in [0.717, 1.165) is 38.9 Å². The second-order valence-corrected chi connectivity index (χ2v) is 6.41. The molecule has 3 aliphatic rings. The van der Waals surface area contributed by atoms with Gasteiger partial charge in [0.15, 0.2) is 5.67 Å². The third kappa shape index (κ3) is 2.78. The van der Waals surface area contributed by atoms with E-state index in [2.05, 4.69) is 17.1 Å². The van der Waals surface area contributed by atoms with Gasteiger partial charge in [0.1, 0.15) is 0 Å². The maximum absolute atomic E-state index is 14.5. The number of hydrogen-bond acceptors (Lipinski definition) is 2. The first-order chi connectivity index (χ1) is 8.93. The van der Waals surface area contributed by atoms with E-state index in [1.165, 1.54) is 0 Å². The summed E-state index contributed by atoms with van der Waals surface area (Å²) in [7, 11) is 0. The summed E-state index contributed by atoms with van der Waals surface area (Å²) in [6, 6.07) is 0. The van der Waals surface area contributed by atoms with E-state index in [-0.39, 0.29) is 18.4 Å². The quantitative estimate of drug-likeness (QED) is 0.851. The predicted molar refractivity (Wildman–Crippen MR) is 74.7 cm³/mol. The molecule has 1 unspecified atom stereocenters. The molecule has 3 heterocycles. The monoisotopic (exact) mass is 270 g/mol. The Balaban J connectivity index is 2.10. The van der Waals surface area contributed by atoms with Crippen molar-refractivity contribution in [2.24, 2.45) is 5.92 Å². The summed E-state index contributed by atoms with van der Waals surface area (Å²) in [6.07, 6.45) is 3.68. The topological polar surface area (TPSA) is 32.3 Å². The zero-order valence-electron chi connectivity index (χ0n) is 12.5. The van der Waals surface area contributed by atoms with Gasteiger partial charge < -0.3 is 10.2 Å². The third-order valence-corrected chi connectivity index (χ3v) is 5.36. The number of hydrogen-bond donors (Lipinski definition) is 1. The van der Waals surface area contributed by atoms with Crippen LogP contribution in [0.3, 0.4) is 0 Å². The minimum absolute atomic E-state index is 0.232. The highest BCUT2D eigenvalue weighted by molar-refractivity contribution is 5.85. The highest BCUT2D eigenvalue weighted by atomic mass is 19.1. The van der Waals surface area contributed by atoms with Gasteiger partial charge in [0, 0.05) is 12.1 Å². The van der Waals surface area contributed by atoms with Crippen LogP contribution in [0.25, 0.3) is 0 Å². The average molecular weight is 270 g/mol. The van der Waals surface area contributed by atoms with Crippen molar-refractivity contribution in [3.8, 4) is 0 Å². The SMILES string of the molecule is CCC(F)(CC)C(=O)NC1(C)CCN2CCC1CC2. The van der Waals surface area contributed by atoms with E-state index < -0.39 is 11.6 Å². The number of halogens is 1. The van der Waals surface area contributed by atoms with Crippen LogP contribution < -0.4 is 5.32 Å². The number of amides is 1. The molecule has 3 fully saturated rings. The van der Waals surface area contributed by atoms with Crippen molar-refractivity contribution < 1.29 is 9.18 Å². The molecular weight excluding hydrogens is 243 g/mol. The number of alkyl halides is 1. The summed E-state index contributed by atoms with van der Waals surface area (Å²) in [4.78, 5) is 14.7. The molecule has 0 aromatic rings. The Morgan fingerprint density at radius 3 is 2.42 bits per heavy atom. The lowest BCUT2D eigenvalue weighted by Gasteiger charge is -2.39. The van der Waals surface area contributed by atoms with Crippen LogP contribution in [-0.4, -0.2) is 41.6 Å². The molecular formula is C15H27FN2O. The molecule has 110 valence electrons. The second kappa shape index (κ2) is 5.39. The Labute approximate surface area is 115 Å². The molecule has 0 spiro atoms. The fourth-order valence-electron chi connectivity index (χ4n) is 3.50. The number of piperidine rings is 1. The number of fused-ring (bicyclic) bond motifs is 4. The lowest BCUT2D eigenvalue weighted by atomic mass is 9.78. The Morgan fingerprint density at radius 1 is 1.32 bits per heavy atom. The van der Waals surface area contributed by atoms with E-state index in [1.807, 2.05) is 0 Å². The number of nitrogens with zero attached hydrogens (tertiary/aromatic N) is 1. The van der Waals surface area contributed by atoms with Crippen molar-refractivity contribution in [1.82, 2.24) is 10.2 Å². The number of nitrogens with one attached hydrogen (secondary N) is 1. The molecule has 3 nitrogen and oxygen atoms in total. The van der Waals surface area contributed by atoms with Gasteiger partial charge in [-0.2, -0.15) is 0 Å². The molecule has 0 aliphatic carbocycles. The van der Waals surface area contributed by atoms with Crippen LogP contribution in [0, 0.1) is 5.92 Å². The van der Waals surface area contributed by atoms with Crippen molar-refractivity contribution in [3.63, 3.8) is 0 Å². The van der Waals surface area contributed by atoms with Gasteiger partial charge in [-0.1, -0.05) is 13.8 Å². The standard InChI is InChI=1S/C15H27FN2O/c1-4-15(16,5-2)13(19)17-14(3)8-11-18-9-6-12(14)7-10-18/h12H,4-11H2,1-3H3,(H,17,19). The molecule has 3 saturated heterocycles. The van der Waals surface area contributed by atoms with Crippen LogP contribution in [0.1, 0.15) is 52.9 Å². The molecule has 0 aromatic heterocycles. The zero-order chi connectivity index (χ0) is 14.1. The molecule has 4 heteroatoms. The van der Waals surface area contributed by atoms with Crippen LogP contribution in [0.2, 0.25) is 0 Å². The van der Waals surface area contributed by atoms with Crippen molar-refractivity contribution >= 4 is 5.91 Å². The third-order valence-electron chi connectivity index (χ3n) is 5.36. The van der Waals surface area contributed by atoms with E-state index in [4.69, 9.17) is 0 Å². The summed E-state index contributed by atoms with van der Waals surface area (Å²) in [5, 5.41) is 3.06. The molecule has 0 saturated carbocycles. The van der Waals surface area contributed by atoms with Crippen LogP contribution >= 0.6 is 0 Å². The average Bonchev–Trinajstić information content (AvgIpc) is 2.67. The van der Waals surface area contributed by atoms with Crippen LogP contribution in [0.4, 0.5) is 4.39 Å². The van der Waals surface area contributed by atoms with Gasteiger partial charge in [-0.05, 0) is 58.0 Å². The highest BCUT2D eigenvalue weighted by Gasteiger charge is 2.44. The van der Waals surface area contributed by atoms with Crippen LogP contribution in [0.5, 0.6) is 0 Å². The minimum atomic E-state index is -1.70. The first kappa shape index (κ1) is 14.8. The Bertz CT molecular complexity index is 335. The van der Waals surface area contributed by atoms with Crippen LogP contribution in [0.15, 0.2) is 0 Å². The first-order valence-electron chi connectivity index (χ1n) is 7.67. The highest BCUT2D eigenvalue weighted by Crippen LogP contribution is 2.36. The largest absolute Gasteiger partial charge is 0.348 e. The number of rotatable bonds is 4. The van der Waals surface area contributed by atoms with Crippen molar-refractivity contribution in [3.05, 3.63) is 0 Å². The van der Waals surface area contributed by atoms with Crippen LogP contribution in [-0.2, 0) is 4.79 Å². The summed E-state index contributed by atoms with van der Waals surface area (Å²) in [5.74, 6) is 0.0912. The van der Waals surface area contributed by atoms with E-state index in [1.54, 1.807) is 13.8 Å². The normalized spacial score (nSPS) is 34.9. The van der Waals surface area contributed by atoms with Crippen molar-refractivity contribution in [2.75, 3.05) is 19.6 Å². The fourth-order valence-corrected chi connectivity index (χ4v) is 3.50. The van der Waals surface area contributed by atoms with Gasteiger partial charge >= 0.3 is 0 Å². The predicted octanol–water partition coefficient (Wildman–Crippen LogP) is 2.51. The maximum Gasteiger partial charge on any atom is 0.258 e. The van der Waals surface area contributed by atoms with E-state index in [9.17, 15) is 9.18 Å². The Hall–Kier alpha value is -0.640. The van der Waals surface area contributed by atoms with Gasteiger partial charge in [-0.3, -0.25) is 4.79 Å². The molecule has 1 N–H and O–H groups in total. The number of carbonyl (C=O) groups is 1. The van der Waals surface area contributed by atoms with Gasteiger partial charge in [-0.15, -0.1) is 0 Å². The molecule has 19 heavy (non-hydrogen) atoms. The fraction of sp³-hybridized carbons (Fsp3) is 0.933. The Morgan fingerprint density at radius 2 is 1.89 bits per heavy atom. The molecule has 0 radical (unpaired) electrons.